The number of likely N-dealkylation sites (tertiary alicyclic amines) is 1. The average Bonchev–Trinajstić information content (AvgIpc) is 3.42. The number of hydrogen-bond donors (Lipinski definition) is 2. The van der Waals surface area contributed by atoms with Crippen molar-refractivity contribution in [2.75, 3.05) is 42.1 Å². The van der Waals surface area contributed by atoms with Crippen molar-refractivity contribution in [2.24, 2.45) is 0 Å². The van der Waals surface area contributed by atoms with Gasteiger partial charge in [0.25, 0.3) is 0 Å². The summed E-state index contributed by atoms with van der Waals surface area (Å²) in [4.78, 5) is 30.5. The van der Waals surface area contributed by atoms with Crippen LogP contribution in [0, 0.1) is 11.6 Å². The van der Waals surface area contributed by atoms with Gasteiger partial charge in [0.05, 0.1) is 5.69 Å². The lowest BCUT2D eigenvalue weighted by Gasteiger charge is -2.34. The Balaban J connectivity index is 1.31. The lowest BCUT2D eigenvalue weighted by molar-refractivity contribution is -0.116. The van der Waals surface area contributed by atoms with Gasteiger partial charge in [0.2, 0.25) is 5.95 Å². The van der Waals surface area contributed by atoms with Crippen LogP contribution in [-0.4, -0.2) is 73.5 Å². The van der Waals surface area contributed by atoms with E-state index < -0.39 is 11.6 Å². The topological polar surface area (TPSA) is 118 Å². The van der Waals surface area contributed by atoms with Crippen LogP contribution in [0.1, 0.15) is 63.8 Å². The third-order valence-electron chi connectivity index (χ3n) is 8.66. The molecule has 0 spiro atoms. The lowest BCUT2D eigenvalue weighted by Crippen LogP contribution is -2.43. The first-order valence-electron chi connectivity index (χ1n) is 15.4. The summed E-state index contributed by atoms with van der Waals surface area (Å²) < 4.78 is 30.5. The first-order chi connectivity index (χ1) is 21.1. The molecule has 2 aliphatic heterocycles. The zero-order valence-electron chi connectivity index (χ0n) is 25.4. The normalized spacial score (nSPS) is 18.3. The Bertz CT molecular complexity index is 1670. The smallest absolute Gasteiger partial charge is 0.229 e. The van der Waals surface area contributed by atoms with Crippen LogP contribution in [0.15, 0.2) is 36.4 Å². The zero-order valence-corrected chi connectivity index (χ0v) is 25.4. The van der Waals surface area contributed by atoms with Crippen LogP contribution >= 0.6 is 0 Å². The van der Waals surface area contributed by atoms with Crippen molar-refractivity contribution in [3.8, 4) is 11.3 Å². The van der Waals surface area contributed by atoms with Crippen molar-refractivity contribution >= 4 is 29.0 Å². The predicted octanol–water partition coefficient (Wildman–Crippen LogP) is 4.85. The summed E-state index contributed by atoms with van der Waals surface area (Å²) in [6.07, 6.45) is 3.96. The minimum Gasteiger partial charge on any atom is -0.383 e. The van der Waals surface area contributed by atoms with Crippen molar-refractivity contribution in [3.63, 3.8) is 0 Å². The highest BCUT2D eigenvalue weighted by atomic mass is 19.1. The zero-order chi connectivity index (χ0) is 31.0. The molecule has 44 heavy (non-hydrogen) atoms. The van der Waals surface area contributed by atoms with Crippen LogP contribution < -0.4 is 16.0 Å². The number of nitrogen functional groups attached to an aromatic ring is 1. The molecule has 0 aliphatic carbocycles. The molecule has 0 radical (unpaired) electrons. The molecule has 0 amide bonds. The van der Waals surface area contributed by atoms with Crippen molar-refractivity contribution < 1.29 is 13.6 Å². The summed E-state index contributed by atoms with van der Waals surface area (Å²) in [6, 6.07) is 9.47. The van der Waals surface area contributed by atoms with Gasteiger partial charge in [0.15, 0.2) is 11.5 Å². The third-order valence-corrected chi connectivity index (χ3v) is 8.66. The van der Waals surface area contributed by atoms with Crippen molar-refractivity contribution in [1.82, 2.24) is 29.5 Å². The maximum absolute atomic E-state index is 15.0. The number of anilines is 3. The molecule has 1 unspecified atom stereocenters. The van der Waals surface area contributed by atoms with E-state index in [2.05, 4.69) is 33.9 Å². The quantitative estimate of drug-likeness (QED) is 0.292. The number of rotatable bonds is 8. The second-order valence-electron chi connectivity index (χ2n) is 12.3. The van der Waals surface area contributed by atoms with Crippen LogP contribution in [0.2, 0.25) is 0 Å². The Morgan fingerprint density at radius 1 is 1.05 bits per heavy atom. The molecule has 6 rings (SSSR count). The molecule has 3 N–H and O–H groups in total. The molecule has 10 nitrogen and oxygen atoms in total. The van der Waals surface area contributed by atoms with Gasteiger partial charge in [-0.1, -0.05) is 6.07 Å². The second kappa shape index (κ2) is 12.4. The molecule has 2 aliphatic rings. The molecule has 1 atom stereocenters. The van der Waals surface area contributed by atoms with Crippen molar-refractivity contribution in [3.05, 3.63) is 59.4 Å². The molecule has 1 aromatic carbocycles. The van der Waals surface area contributed by atoms with Gasteiger partial charge in [0.1, 0.15) is 29.1 Å². The van der Waals surface area contributed by atoms with E-state index in [1.54, 1.807) is 10.6 Å². The Hall–Kier alpha value is -4.19. The van der Waals surface area contributed by atoms with Crippen molar-refractivity contribution in [1.29, 1.82) is 0 Å². The summed E-state index contributed by atoms with van der Waals surface area (Å²) in [5, 5.41) is 8.44. The van der Waals surface area contributed by atoms with Gasteiger partial charge in [-0.3, -0.25) is 4.79 Å². The molecule has 0 bridgehead atoms. The number of nitrogens with one attached hydrogen (secondary N) is 1. The molecule has 4 aromatic rings. The van der Waals surface area contributed by atoms with E-state index in [1.165, 1.54) is 19.1 Å². The minimum absolute atomic E-state index is 0.0284. The van der Waals surface area contributed by atoms with Crippen molar-refractivity contribution in [2.45, 2.75) is 70.9 Å². The molecule has 2 fully saturated rings. The summed E-state index contributed by atoms with van der Waals surface area (Å²) in [5.41, 5.74) is 8.02. The van der Waals surface area contributed by atoms with E-state index in [1.807, 2.05) is 12.1 Å². The maximum atomic E-state index is 15.0. The van der Waals surface area contributed by atoms with E-state index in [9.17, 15) is 13.6 Å². The van der Waals surface area contributed by atoms with E-state index in [0.717, 1.165) is 57.2 Å². The van der Waals surface area contributed by atoms with E-state index >= 15 is 0 Å². The first kappa shape index (κ1) is 29.9. The fraction of sp³-hybridized carbons (Fsp3) is 0.469. The minimum atomic E-state index is -0.677. The van der Waals surface area contributed by atoms with E-state index in [4.69, 9.17) is 20.8 Å². The largest absolute Gasteiger partial charge is 0.383 e. The third kappa shape index (κ3) is 6.35. The Morgan fingerprint density at radius 3 is 2.55 bits per heavy atom. The van der Waals surface area contributed by atoms with Crippen LogP contribution in [-0.2, 0) is 11.2 Å². The van der Waals surface area contributed by atoms with Gasteiger partial charge in [-0.25, -0.2) is 23.7 Å². The predicted molar refractivity (Wildman–Crippen MR) is 167 cm³/mol. The van der Waals surface area contributed by atoms with Gasteiger partial charge in [0, 0.05) is 60.8 Å². The SMILES string of the molecule is CC(=O)Cc1ccc(NC2CCCN(c3nc(-c4ccc(F)cc4F)cc4nc(C5CCN(C(C)C)CC5)nn34)C2)nc1N. The summed E-state index contributed by atoms with van der Waals surface area (Å²) in [5.74, 6) is 1.24. The number of aromatic nitrogens is 5. The summed E-state index contributed by atoms with van der Waals surface area (Å²) >= 11 is 0. The highest BCUT2D eigenvalue weighted by Gasteiger charge is 2.29. The maximum Gasteiger partial charge on any atom is 0.229 e. The van der Waals surface area contributed by atoms with Crippen LogP contribution in [0.3, 0.4) is 0 Å². The van der Waals surface area contributed by atoms with Crippen LogP contribution in [0.25, 0.3) is 16.9 Å². The molecular weight excluding hydrogens is 564 g/mol. The van der Waals surface area contributed by atoms with Gasteiger partial charge >= 0.3 is 0 Å². The molecule has 3 aromatic heterocycles. The number of pyridine rings is 1. The van der Waals surface area contributed by atoms with Gasteiger partial charge in [-0.15, -0.1) is 5.10 Å². The molecule has 232 valence electrons. The van der Waals surface area contributed by atoms with Gasteiger partial charge < -0.3 is 20.9 Å². The fourth-order valence-electron chi connectivity index (χ4n) is 6.27. The highest BCUT2D eigenvalue weighted by molar-refractivity contribution is 5.79. The standard InChI is InChI=1S/C32H39F2N9O/c1-19(2)41-13-10-21(11-14-41)31-39-29-17-27(25-8-7-23(33)16-26(25)34)37-32(43(29)40-31)42-12-4-5-24(18-42)36-28-9-6-22(15-20(3)44)30(35)38-28/h6-9,16-17,19,21,24H,4-5,10-15,18H2,1-3H3,(H3,35,36,38). The number of carbonyl (C=O) groups is 1. The van der Waals surface area contributed by atoms with E-state index in [0.29, 0.717) is 47.1 Å². The second-order valence-corrected chi connectivity index (χ2v) is 12.3. The van der Waals surface area contributed by atoms with Gasteiger partial charge in [-0.05, 0) is 77.7 Å². The number of halogens is 2. The number of benzene rings is 1. The molecule has 2 saturated heterocycles. The number of fused-ring (bicyclic) bond motifs is 1. The Morgan fingerprint density at radius 2 is 1.84 bits per heavy atom. The molecule has 0 saturated carbocycles. The van der Waals surface area contributed by atoms with Gasteiger partial charge in [-0.2, -0.15) is 4.52 Å². The number of nitrogens with two attached hydrogens (primary N) is 1. The first-order valence-corrected chi connectivity index (χ1v) is 15.4. The molecule has 12 heteroatoms. The molecular formula is C32H39F2N9O. The number of piperidine rings is 2. The fourth-order valence-corrected chi connectivity index (χ4v) is 6.27. The number of nitrogens with zero attached hydrogens (tertiary/aromatic N) is 7. The highest BCUT2D eigenvalue weighted by Crippen LogP contribution is 2.31. The average molecular weight is 604 g/mol. The monoisotopic (exact) mass is 603 g/mol. The number of carbonyl (C=O) groups excluding carboxylic acids is 1. The van der Waals surface area contributed by atoms with E-state index in [-0.39, 0.29) is 29.7 Å². The Labute approximate surface area is 255 Å². The summed E-state index contributed by atoms with van der Waals surface area (Å²) in [6.45, 7) is 9.26. The number of ketones is 1. The lowest BCUT2D eigenvalue weighted by atomic mass is 9.95. The number of hydrogen-bond acceptors (Lipinski definition) is 9. The summed E-state index contributed by atoms with van der Waals surface area (Å²) in [7, 11) is 0. The van der Waals surface area contributed by atoms with Crippen LogP contribution in [0.5, 0.6) is 0 Å². The molecule has 5 heterocycles. The van der Waals surface area contributed by atoms with Crippen LogP contribution in [0.4, 0.5) is 26.4 Å². The Kier molecular flexibility index (Phi) is 8.44. The number of Topliss-reactive ketones (excluding diaryl/α,β-unsaturated/α-hetero) is 1.